The van der Waals surface area contributed by atoms with Crippen molar-refractivity contribution in [1.29, 1.82) is 0 Å². The van der Waals surface area contributed by atoms with E-state index in [2.05, 4.69) is 9.08 Å². The molecule has 1 amide bonds. The average molecular weight is 500 g/mol. The number of halogens is 1. The third kappa shape index (κ3) is 6.83. The van der Waals surface area contributed by atoms with Gasteiger partial charge in [0.15, 0.2) is 0 Å². The van der Waals surface area contributed by atoms with Crippen LogP contribution in [0.1, 0.15) is 54.0 Å². The van der Waals surface area contributed by atoms with Gasteiger partial charge < -0.3 is 23.1 Å². The van der Waals surface area contributed by atoms with Crippen LogP contribution in [0.25, 0.3) is 0 Å². The van der Waals surface area contributed by atoms with Crippen molar-refractivity contribution in [2.24, 2.45) is 0 Å². The zero-order valence-corrected chi connectivity index (χ0v) is 21.7. The lowest BCUT2D eigenvalue weighted by atomic mass is 9.78. The van der Waals surface area contributed by atoms with E-state index in [-0.39, 0.29) is 11.8 Å². The lowest BCUT2D eigenvalue weighted by Crippen LogP contribution is -2.49. The van der Waals surface area contributed by atoms with Crippen molar-refractivity contribution in [2.75, 3.05) is 26.2 Å². The maximum Gasteiger partial charge on any atom is 0.494 e. The van der Waals surface area contributed by atoms with Gasteiger partial charge in [-0.1, -0.05) is 9.95 Å². The highest BCUT2D eigenvalue weighted by atomic mass is 32.3. The summed E-state index contributed by atoms with van der Waals surface area (Å²) in [5.41, 5.74) is -0.522. The first-order valence-electron chi connectivity index (χ1n) is 11.3. The Balaban J connectivity index is 1.75. The summed E-state index contributed by atoms with van der Waals surface area (Å²) in [5, 5.41) is 0. The molecule has 0 aromatic heterocycles. The van der Waals surface area contributed by atoms with Crippen LogP contribution in [0.4, 0.5) is 8.68 Å². The van der Waals surface area contributed by atoms with Gasteiger partial charge in [-0.3, -0.25) is 4.90 Å². The summed E-state index contributed by atoms with van der Waals surface area (Å²) in [6.45, 7) is 15.7. The van der Waals surface area contributed by atoms with Crippen LogP contribution >= 0.6 is 0 Å². The van der Waals surface area contributed by atoms with Crippen LogP contribution in [0, 0.1) is 0 Å². The fourth-order valence-electron chi connectivity index (χ4n) is 3.73. The second-order valence-corrected chi connectivity index (χ2v) is 11.7. The number of carbonyl (C=O) groups excluding carboxylic acids is 1. The number of carbonyl (C=O) groups is 1. The third-order valence-corrected chi connectivity index (χ3v) is 6.53. The second kappa shape index (κ2) is 9.29. The zero-order chi connectivity index (χ0) is 25.5. The molecular weight excluding hydrogens is 466 g/mol. The molecule has 12 heteroatoms. The Bertz CT molecular complexity index is 1000. The number of hydrogen-bond acceptors (Lipinski definition) is 8. The second-order valence-electron chi connectivity index (χ2n) is 10.7. The van der Waals surface area contributed by atoms with Crippen LogP contribution in [0.5, 0.6) is 5.75 Å². The summed E-state index contributed by atoms with van der Waals surface area (Å²) in [7, 11) is -5.96. The number of nitrogens with zero attached hydrogens (tertiary/aromatic N) is 2. The quantitative estimate of drug-likeness (QED) is 0.450. The van der Waals surface area contributed by atoms with Crippen LogP contribution < -0.4 is 9.65 Å². The molecule has 0 radical (unpaired) electrons. The SMILES string of the molecule is CC(C)(C)OC(=O)N1CCN(Cc2cc(OS(=O)(=O)F)cc(B3OC(C)(C)C(C)(C)O3)c2)CC1. The maximum absolute atomic E-state index is 13.3. The summed E-state index contributed by atoms with van der Waals surface area (Å²) in [6, 6.07) is 4.72. The summed E-state index contributed by atoms with van der Waals surface area (Å²) < 4.78 is 57.6. The van der Waals surface area contributed by atoms with Crippen molar-refractivity contribution < 1.29 is 35.3 Å². The van der Waals surface area contributed by atoms with Gasteiger partial charge in [-0.25, -0.2) is 4.79 Å². The normalized spacial score (nSPS) is 20.9. The molecule has 34 heavy (non-hydrogen) atoms. The van der Waals surface area contributed by atoms with E-state index in [1.807, 2.05) is 54.5 Å². The predicted octanol–water partition coefficient (Wildman–Crippen LogP) is 2.63. The van der Waals surface area contributed by atoms with E-state index in [1.54, 1.807) is 4.90 Å². The Hall–Kier alpha value is -1.89. The highest BCUT2D eigenvalue weighted by Crippen LogP contribution is 2.36. The van der Waals surface area contributed by atoms with E-state index in [0.29, 0.717) is 43.8 Å². The molecule has 2 heterocycles. The van der Waals surface area contributed by atoms with Gasteiger partial charge in [-0.05, 0) is 71.6 Å². The Kier molecular flexibility index (Phi) is 7.30. The molecule has 0 N–H and O–H groups in total. The van der Waals surface area contributed by atoms with Gasteiger partial charge in [0.05, 0.1) is 11.2 Å². The summed E-state index contributed by atoms with van der Waals surface area (Å²) in [5.74, 6) is -0.155. The van der Waals surface area contributed by atoms with Crippen LogP contribution in [-0.4, -0.2) is 74.4 Å². The van der Waals surface area contributed by atoms with E-state index in [9.17, 15) is 17.1 Å². The lowest BCUT2D eigenvalue weighted by molar-refractivity contribution is 0.00578. The van der Waals surface area contributed by atoms with Crippen molar-refractivity contribution in [3.8, 4) is 5.75 Å². The number of hydrogen-bond donors (Lipinski definition) is 0. The topological polar surface area (TPSA) is 94.6 Å². The fourth-order valence-corrected chi connectivity index (χ4v) is 4.05. The Morgan fingerprint density at radius 2 is 1.62 bits per heavy atom. The summed E-state index contributed by atoms with van der Waals surface area (Å²) in [6.07, 6.45) is -0.348. The van der Waals surface area contributed by atoms with Gasteiger partial charge in [0.25, 0.3) is 0 Å². The Morgan fingerprint density at radius 3 is 2.12 bits per heavy atom. The molecule has 1 aromatic rings. The van der Waals surface area contributed by atoms with Crippen LogP contribution in [-0.2, 0) is 31.1 Å². The van der Waals surface area contributed by atoms with Crippen molar-refractivity contribution in [3.05, 3.63) is 23.8 Å². The minimum absolute atomic E-state index is 0.155. The molecule has 0 atom stereocenters. The average Bonchev–Trinajstić information content (AvgIpc) is 2.87. The molecule has 0 bridgehead atoms. The lowest BCUT2D eigenvalue weighted by Gasteiger charge is -2.35. The van der Waals surface area contributed by atoms with Gasteiger partial charge in [0, 0.05) is 32.7 Å². The molecule has 0 saturated carbocycles. The van der Waals surface area contributed by atoms with Gasteiger partial charge in [-0.2, -0.15) is 8.42 Å². The number of piperazine rings is 1. The summed E-state index contributed by atoms with van der Waals surface area (Å²) in [4.78, 5) is 16.1. The number of rotatable bonds is 5. The Labute approximate surface area is 202 Å². The zero-order valence-electron chi connectivity index (χ0n) is 20.9. The van der Waals surface area contributed by atoms with Gasteiger partial charge in [0.1, 0.15) is 11.4 Å². The molecule has 0 spiro atoms. The van der Waals surface area contributed by atoms with E-state index >= 15 is 0 Å². The molecule has 2 aliphatic rings. The molecule has 2 saturated heterocycles. The number of ether oxygens (including phenoxy) is 1. The number of amides is 1. The molecule has 9 nitrogen and oxygen atoms in total. The Morgan fingerprint density at radius 1 is 1.06 bits per heavy atom. The molecule has 0 unspecified atom stereocenters. The molecule has 3 rings (SSSR count). The standard InChI is InChI=1S/C22H34BFN2O7S/c1-20(2,3)30-19(27)26-10-8-25(9-11-26)15-16-12-17(14-18(13-16)31-34(24,28)29)23-32-21(4,5)22(6,7)33-23/h12-14H,8-11,15H2,1-7H3. The van der Waals surface area contributed by atoms with Gasteiger partial charge >= 0.3 is 23.7 Å². The van der Waals surface area contributed by atoms with Gasteiger partial charge in [-0.15, -0.1) is 0 Å². The molecule has 2 aliphatic heterocycles. The van der Waals surface area contributed by atoms with Crippen molar-refractivity contribution in [1.82, 2.24) is 9.80 Å². The van der Waals surface area contributed by atoms with E-state index in [4.69, 9.17) is 14.0 Å². The smallest absolute Gasteiger partial charge is 0.444 e. The highest BCUT2D eigenvalue weighted by Gasteiger charge is 2.51. The van der Waals surface area contributed by atoms with Gasteiger partial charge in [0.2, 0.25) is 0 Å². The monoisotopic (exact) mass is 500 g/mol. The van der Waals surface area contributed by atoms with Crippen molar-refractivity contribution in [2.45, 2.75) is 71.8 Å². The predicted molar refractivity (Wildman–Crippen MR) is 126 cm³/mol. The molecule has 0 aliphatic carbocycles. The molecule has 190 valence electrons. The largest absolute Gasteiger partial charge is 0.494 e. The first kappa shape index (κ1) is 26.7. The highest BCUT2D eigenvalue weighted by molar-refractivity contribution is 7.81. The van der Waals surface area contributed by atoms with Crippen molar-refractivity contribution in [3.63, 3.8) is 0 Å². The first-order chi connectivity index (χ1) is 15.4. The van der Waals surface area contributed by atoms with Crippen LogP contribution in [0.15, 0.2) is 18.2 Å². The third-order valence-electron chi connectivity index (χ3n) is 6.14. The van der Waals surface area contributed by atoms with Crippen LogP contribution in [0.3, 0.4) is 0 Å². The molecule has 2 fully saturated rings. The fraction of sp³-hybridized carbons (Fsp3) is 0.682. The van der Waals surface area contributed by atoms with Crippen molar-refractivity contribution >= 4 is 29.2 Å². The van der Waals surface area contributed by atoms with E-state index < -0.39 is 34.4 Å². The minimum atomic E-state index is -5.20. The maximum atomic E-state index is 13.3. The summed E-state index contributed by atoms with van der Waals surface area (Å²) >= 11 is 0. The first-order valence-corrected chi connectivity index (χ1v) is 12.6. The van der Waals surface area contributed by atoms with E-state index in [1.165, 1.54) is 12.1 Å². The van der Waals surface area contributed by atoms with Crippen LogP contribution in [0.2, 0.25) is 0 Å². The minimum Gasteiger partial charge on any atom is -0.444 e. The molecule has 1 aromatic carbocycles. The van der Waals surface area contributed by atoms with E-state index in [0.717, 1.165) is 0 Å². The molecular formula is C22H34BFN2O7S. The number of benzene rings is 1.